The van der Waals surface area contributed by atoms with Crippen molar-refractivity contribution < 1.29 is 18.7 Å². The number of carbonyl (C=O) groups excluding carboxylic acids is 2. The molecule has 0 aliphatic carbocycles. The number of ether oxygens (including phenoxy) is 1. The van der Waals surface area contributed by atoms with E-state index in [1.54, 1.807) is 38.3 Å². The maximum absolute atomic E-state index is 13.0. The minimum Gasteiger partial charge on any atom is -0.467 e. The van der Waals surface area contributed by atoms with Crippen molar-refractivity contribution in [2.24, 2.45) is 5.10 Å². The summed E-state index contributed by atoms with van der Waals surface area (Å²) in [6, 6.07) is 10.7. The number of thioether (sulfide) groups is 1. The summed E-state index contributed by atoms with van der Waals surface area (Å²) in [5, 5.41) is 6.23. The Kier molecular flexibility index (Phi) is 6.80. The lowest BCUT2D eigenvalue weighted by molar-refractivity contribution is -0.139. The molecule has 3 rings (SSSR count). The number of esters is 1. The number of furan rings is 1. The van der Waals surface area contributed by atoms with Crippen LogP contribution >= 0.6 is 23.4 Å². The molecule has 1 aromatic carbocycles. The molecule has 2 atom stereocenters. The zero-order valence-electron chi connectivity index (χ0n) is 15.6. The Hall–Kier alpha value is -2.25. The highest BCUT2D eigenvalue weighted by Crippen LogP contribution is 2.34. The van der Waals surface area contributed by atoms with Crippen molar-refractivity contribution in [2.75, 3.05) is 12.4 Å². The van der Waals surface area contributed by atoms with Gasteiger partial charge in [0, 0.05) is 11.4 Å². The van der Waals surface area contributed by atoms with Crippen LogP contribution in [0.3, 0.4) is 0 Å². The molecule has 1 aliphatic rings. The fourth-order valence-electron chi connectivity index (χ4n) is 2.89. The van der Waals surface area contributed by atoms with Crippen molar-refractivity contribution in [1.82, 2.24) is 5.01 Å². The Labute approximate surface area is 172 Å². The van der Waals surface area contributed by atoms with E-state index >= 15 is 0 Å². The van der Waals surface area contributed by atoms with Crippen molar-refractivity contribution >= 4 is 41.0 Å². The third-order valence-corrected chi connectivity index (χ3v) is 5.65. The normalized spacial score (nSPS) is 17.3. The van der Waals surface area contributed by atoms with Crippen LogP contribution in [0.5, 0.6) is 0 Å². The van der Waals surface area contributed by atoms with Gasteiger partial charge in [0.1, 0.15) is 11.8 Å². The third kappa shape index (κ3) is 4.77. The second-order valence-corrected chi connectivity index (χ2v) is 8.00. The molecule has 2 heterocycles. The molecular formula is C20H21ClN2O4S. The lowest BCUT2D eigenvalue weighted by atomic mass is 10.0. The number of hydrazone groups is 1. The first-order valence-electron chi connectivity index (χ1n) is 8.96. The van der Waals surface area contributed by atoms with Crippen LogP contribution in [0.25, 0.3) is 0 Å². The van der Waals surface area contributed by atoms with E-state index in [9.17, 15) is 9.59 Å². The highest BCUT2D eigenvalue weighted by Gasteiger charge is 2.37. The SMILES string of the molecule is CCOC(=O)CS[C@@H](C)C(=O)N1N=C(c2ccc(Cl)cc2)C[C@@H]1c1ccco1. The number of hydrogen-bond donors (Lipinski definition) is 0. The Morgan fingerprint density at radius 2 is 2.11 bits per heavy atom. The molecule has 6 nitrogen and oxygen atoms in total. The largest absolute Gasteiger partial charge is 0.467 e. The summed E-state index contributed by atoms with van der Waals surface area (Å²) in [7, 11) is 0. The number of carbonyl (C=O) groups is 2. The molecule has 0 N–H and O–H groups in total. The van der Waals surface area contributed by atoms with E-state index in [1.165, 1.54) is 16.8 Å². The molecule has 148 valence electrons. The smallest absolute Gasteiger partial charge is 0.315 e. The Morgan fingerprint density at radius 1 is 1.36 bits per heavy atom. The summed E-state index contributed by atoms with van der Waals surface area (Å²) >= 11 is 7.21. The number of amides is 1. The van der Waals surface area contributed by atoms with Gasteiger partial charge in [-0.15, -0.1) is 11.8 Å². The quantitative estimate of drug-likeness (QED) is 0.624. The minimum absolute atomic E-state index is 0.119. The number of nitrogens with zero attached hydrogens (tertiary/aromatic N) is 2. The van der Waals surface area contributed by atoms with Crippen LogP contribution in [0.15, 0.2) is 52.2 Å². The van der Waals surface area contributed by atoms with Crippen molar-refractivity contribution in [2.45, 2.75) is 31.6 Å². The predicted molar refractivity (Wildman–Crippen MR) is 109 cm³/mol. The first kappa shape index (κ1) is 20.5. The van der Waals surface area contributed by atoms with Gasteiger partial charge < -0.3 is 9.15 Å². The standard InChI is InChI=1S/C20H21ClN2O4S/c1-3-26-19(24)12-28-13(2)20(25)23-17(18-5-4-10-27-18)11-16(22-23)14-6-8-15(21)9-7-14/h4-10,13,17H,3,11-12H2,1-2H3/t13-,17+/m0/s1. The van der Waals surface area contributed by atoms with Gasteiger partial charge in [0.25, 0.3) is 5.91 Å². The fourth-order valence-corrected chi connectivity index (χ4v) is 3.73. The van der Waals surface area contributed by atoms with Gasteiger partial charge in [0.05, 0.1) is 29.6 Å². The number of benzene rings is 1. The average molecular weight is 421 g/mol. The van der Waals surface area contributed by atoms with E-state index in [0.29, 0.717) is 23.8 Å². The van der Waals surface area contributed by atoms with E-state index in [0.717, 1.165) is 11.3 Å². The number of rotatable bonds is 7. The molecule has 1 amide bonds. The minimum atomic E-state index is -0.449. The van der Waals surface area contributed by atoms with Crippen LogP contribution in [0.1, 0.15) is 37.6 Å². The lowest BCUT2D eigenvalue weighted by Gasteiger charge is -2.22. The van der Waals surface area contributed by atoms with Gasteiger partial charge in [-0.3, -0.25) is 9.59 Å². The summed E-state index contributed by atoms with van der Waals surface area (Å²) in [5.41, 5.74) is 1.69. The zero-order valence-corrected chi connectivity index (χ0v) is 17.2. The molecule has 0 bridgehead atoms. The van der Waals surface area contributed by atoms with Crippen LogP contribution in [0.2, 0.25) is 5.02 Å². The molecule has 2 aromatic rings. The first-order chi connectivity index (χ1) is 13.5. The predicted octanol–water partition coefficient (Wildman–Crippen LogP) is 4.30. The molecular weight excluding hydrogens is 400 g/mol. The monoisotopic (exact) mass is 420 g/mol. The second kappa shape index (κ2) is 9.30. The van der Waals surface area contributed by atoms with E-state index in [1.807, 2.05) is 18.2 Å². The Bertz CT molecular complexity index is 852. The van der Waals surface area contributed by atoms with Crippen LogP contribution in [-0.4, -0.2) is 40.2 Å². The van der Waals surface area contributed by atoms with Gasteiger partial charge in [-0.1, -0.05) is 23.7 Å². The molecule has 1 aromatic heterocycles. The van der Waals surface area contributed by atoms with Crippen molar-refractivity contribution in [1.29, 1.82) is 0 Å². The lowest BCUT2D eigenvalue weighted by Crippen LogP contribution is -2.33. The summed E-state index contributed by atoms with van der Waals surface area (Å²) in [5.74, 6) is 0.276. The summed E-state index contributed by atoms with van der Waals surface area (Å²) in [6.07, 6.45) is 2.12. The molecule has 0 saturated carbocycles. The second-order valence-electron chi connectivity index (χ2n) is 6.23. The van der Waals surface area contributed by atoms with Crippen LogP contribution in [0, 0.1) is 0 Å². The van der Waals surface area contributed by atoms with Crippen LogP contribution < -0.4 is 0 Å². The van der Waals surface area contributed by atoms with E-state index in [2.05, 4.69) is 5.10 Å². The van der Waals surface area contributed by atoms with Crippen LogP contribution in [0.4, 0.5) is 0 Å². The topological polar surface area (TPSA) is 72.1 Å². The first-order valence-corrected chi connectivity index (χ1v) is 10.4. The molecule has 0 fully saturated rings. The maximum Gasteiger partial charge on any atom is 0.315 e. The van der Waals surface area contributed by atoms with E-state index in [4.69, 9.17) is 20.8 Å². The van der Waals surface area contributed by atoms with Gasteiger partial charge >= 0.3 is 5.97 Å². The molecule has 0 radical (unpaired) electrons. The highest BCUT2D eigenvalue weighted by molar-refractivity contribution is 8.01. The molecule has 8 heteroatoms. The fraction of sp³-hybridized carbons (Fsp3) is 0.350. The zero-order chi connectivity index (χ0) is 20.1. The van der Waals surface area contributed by atoms with Crippen LogP contribution in [-0.2, 0) is 14.3 Å². The van der Waals surface area contributed by atoms with E-state index in [-0.39, 0.29) is 23.7 Å². The average Bonchev–Trinajstić information content (AvgIpc) is 3.36. The number of hydrogen-bond acceptors (Lipinski definition) is 6. The van der Waals surface area contributed by atoms with Gasteiger partial charge in [-0.05, 0) is 43.7 Å². The summed E-state index contributed by atoms with van der Waals surface area (Å²) in [6.45, 7) is 3.84. The maximum atomic E-state index is 13.0. The summed E-state index contributed by atoms with van der Waals surface area (Å²) < 4.78 is 10.5. The molecule has 0 unspecified atom stereocenters. The molecule has 28 heavy (non-hydrogen) atoms. The molecule has 1 aliphatic heterocycles. The molecule has 0 saturated heterocycles. The van der Waals surface area contributed by atoms with Gasteiger partial charge in [-0.2, -0.15) is 5.10 Å². The number of halogens is 1. The van der Waals surface area contributed by atoms with Gasteiger partial charge in [0.15, 0.2) is 0 Å². The van der Waals surface area contributed by atoms with Gasteiger partial charge in [-0.25, -0.2) is 5.01 Å². The summed E-state index contributed by atoms with van der Waals surface area (Å²) in [4.78, 5) is 24.6. The van der Waals surface area contributed by atoms with Crippen molar-refractivity contribution in [3.63, 3.8) is 0 Å². The Balaban J connectivity index is 1.78. The van der Waals surface area contributed by atoms with Crippen molar-refractivity contribution in [3.8, 4) is 0 Å². The van der Waals surface area contributed by atoms with E-state index < -0.39 is 5.25 Å². The molecule has 0 spiro atoms. The highest BCUT2D eigenvalue weighted by atomic mass is 35.5. The third-order valence-electron chi connectivity index (χ3n) is 4.29. The van der Waals surface area contributed by atoms with Gasteiger partial charge in [0.2, 0.25) is 0 Å². The van der Waals surface area contributed by atoms with Crippen molar-refractivity contribution in [3.05, 3.63) is 59.0 Å². The Morgan fingerprint density at radius 3 is 2.75 bits per heavy atom.